The minimum absolute atomic E-state index is 0.0730. The molecule has 0 aliphatic carbocycles. The summed E-state index contributed by atoms with van der Waals surface area (Å²) < 4.78 is 19.0. The average molecular weight is 314 g/mol. The van der Waals surface area contributed by atoms with Crippen LogP contribution >= 0.6 is 23.2 Å². The van der Waals surface area contributed by atoms with Crippen LogP contribution in [0, 0.1) is 5.82 Å². The van der Waals surface area contributed by atoms with Gasteiger partial charge < -0.3 is 10.5 Å². The van der Waals surface area contributed by atoms with Crippen molar-refractivity contribution in [3.05, 3.63) is 63.4 Å². The molecule has 0 aliphatic rings. The highest BCUT2D eigenvalue weighted by molar-refractivity contribution is 6.31. The summed E-state index contributed by atoms with van der Waals surface area (Å²) in [6.45, 7) is 2.01. The monoisotopic (exact) mass is 313 g/mol. The van der Waals surface area contributed by atoms with Crippen molar-refractivity contribution in [1.29, 1.82) is 0 Å². The van der Waals surface area contributed by atoms with E-state index in [1.807, 2.05) is 6.92 Å². The molecule has 2 rings (SSSR count). The third kappa shape index (κ3) is 3.42. The second-order valence-corrected chi connectivity index (χ2v) is 5.29. The Balaban J connectivity index is 2.21. The second kappa shape index (κ2) is 6.44. The Morgan fingerprint density at radius 1 is 1.25 bits per heavy atom. The zero-order chi connectivity index (χ0) is 14.7. The van der Waals surface area contributed by atoms with Crippen molar-refractivity contribution in [1.82, 2.24) is 0 Å². The van der Waals surface area contributed by atoms with E-state index in [2.05, 4.69) is 0 Å². The summed E-state index contributed by atoms with van der Waals surface area (Å²) in [5, 5.41) is 0.664. The van der Waals surface area contributed by atoms with Crippen molar-refractivity contribution in [3.63, 3.8) is 0 Å². The molecular formula is C15H14Cl2FNO. The van der Waals surface area contributed by atoms with E-state index in [1.165, 1.54) is 6.07 Å². The molecule has 2 aromatic rings. The minimum atomic E-state index is -0.462. The van der Waals surface area contributed by atoms with Crippen LogP contribution in [0.1, 0.15) is 24.1 Å². The number of nitrogens with two attached hydrogens (primary N) is 1. The lowest BCUT2D eigenvalue weighted by atomic mass is 10.1. The van der Waals surface area contributed by atoms with E-state index < -0.39 is 5.82 Å². The summed E-state index contributed by atoms with van der Waals surface area (Å²) in [5.74, 6) is 0.154. The van der Waals surface area contributed by atoms with Crippen molar-refractivity contribution in [3.8, 4) is 5.75 Å². The molecule has 0 amide bonds. The largest absolute Gasteiger partial charge is 0.489 e. The van der Waals surface area contributed by atoms with E-state index >= 15 is 0 Å². The number of rotatable bonds is 4. The smallest absolute Gasteiger partial charge is 0.142 e. The first-order valence-corrected chi connectivity index (χ1v) is 6.85. The van der Waals surface area contributed by atoms with Crippen LogP contribution in [0.2, 0.25) is 10.0 Å². The number of hydrogen-bond donors (Lipinski definition) is 1. The van der Waals surface area contributed by atoms with Gasteiger partial charge in [-0.05, 0) is 31.2 Å². The van der Waals surface area contributed by atoms with Crippen molar-refractivity contribution in [2.24, 2.45) is 5.73 Å². The van der Waals surface area contributed by atoms with Crippen molar-refractivity contribution in [2.75, 3.05) is 0 Å². The number of hydrogen-bond acceptors (Lipinski definition) is 2. The van der Waals surface area contributed by atoms with E-state index in [0.29, 0.717) is 16.3 Å². The van der Waals surface area contributed by atoms with Gasteiger partial charge in [-0.15, -0.1) is 0 Å². The van der Waals surface area contributed by atoms with Gasteiger partial charge in [0.2, 0.25) is 0 Å². The van der Waals surface area contributed by atoms with Crippen LogP contribution in [-0.4, -0.2) is 0 Å². The molecule has 0 radical (unpaired) electrons. The maximum atomic E-state index is 13.3. The van der Waals surface area contributed by atoms with Gasteiger partial charge in [-0.2, -0.15) is 0 Å². The molecule has 2 nitrogen and oxygen atoms in total. The molecule has 0 heterocycles. The number of benzene rings is 2. The summed E-state index contributed by atoms with van der Waals surface area (Å²) >= 11 is 11.8. The molecule has 0 unspecified atom stereocenters. The molecule has 0 spiro atoms. The van der Waals surface area contributed by atoms with Gasteiger partial charge in [-0.25, -0.2) is 4.39 Å². The highest BCUT2D eigenvalue weighted by Gasteiger charge is 2.11. The first kappa shape index (κ1) is 15.1. The third-order valence-electron chi connectivity index (χ3n) is 2.88. The van der Waals surface area contributed by atoms with E-state index in [0.717, 1.165) is 5.56 Å². The van der Waals surface area contributed by atoms with Crippen LogP contribution in [0.5, 0.6) is 5.75 Å². The third-order valence-corrected chi connectivity index (χ3v) is 3.54. The molecule has 0 bridgehead atoms. The molecule has 0 saturated heterocycles. The van der Waals surface area contributed by atoms with Gasteiger partial charge >= 0.3 is 0 Å². The Morgan fingerprint density at radius 2 is 2.00 bits per heavy atom. The van der Waals surface area contributed by atoms with E-state index in [-0.39, 0.29) is 17.7 Å². The first-order chi connectivity index (χ1) is 9.49. The summed E-state index contributed by atoms with van der Waals surface area (Å²) in [6, 6.07) is 9.62. The van der Waals surface area contributed by atoms with Crippen LogP contribution in [0.4, 0.5) is 4.39 Å². The molecule has 106 valence electrons. The molecule has 0 aromatic heterocycles. The van der Waals surface area contributed by atoms with Crippen molar-refractivity contribution < 1.29 is 9.13 Å². The number of halogens is 3. The lowest BCUT2D eigenvalue weighted by molar-refractivity contribution is 0.301. The summed E-state index contributed by atoms with van der Waals surface area (Å²) in [5.41, 5.74) is 7.26. The van der Waals surface area contributed by atoms with E-state index in [4.69, 9.17) is 33.7 Å². The fourth-order valence-electron chi connectivity index (χ4n) is 1.82. The molecular weight excluding hydrogens is 300 g/mol. The Morgan fingerprint density at radius 3 is 2.70 bits per heavy atom. The normalized spacial score (nSPS) is 12.2. The lowest BCUT2D eigenvalue weighted by Gasteiger charge is -2.15. The maximum Gasteiger partial charge on any atom is 0.142 e. The fourth-order valence-corrected chi connectivity index (χ4v) is 2.18. The fraction of sp³-hybridized carbons (Fsp3) is 0.200. The molecule has 2 N–H and O–H groups in total. The average Bonchev–Trinajstić information content (AvgIpc) is 2.41. The summed E-state index contributed by atoms with van der Waals surface area (Å²) in [6.07, 6.45) is 0. The van der Waals surface area contributed by atoms with Gasteiger partial charge in [0.15, 0.2) is 0 Å². The van der Waals surface area contributed by atoms with Crippen LogP contribution in [0.25, 0.3) is 0 Å². The second-order valence-electron chi connectivity index (χ2n) is 4.47. The van der Waals surface area contributed by atoms with E-state index in [1.54, 1.807) is 30.3 Å². The maximum absolute atomic E-state index is 13.3. The lowest BCUT2D eigenvalue weighted by Crippen LogP contribution is -2.08. The predicted molar refractivity (Wildman–Crippen MR) is 79.8 cm³/mol. The van der Waals surface area contributed by atoms with Gasteiger partial charge in [0.05, 0.1) is 5.02 Å². The Labute approximate surface area is 127 Å². The SMILES string of the molecule is C[C@@H](N)c1cc(Cl)ccc1OCc1cccc(F)c1Cl. The molecule has 1 atom stereocenters. The van der Waals surface area contributed by atoms with Crippen LogP contribution < -0.4 is 10.5 Å². The highest BCUT2D eigenvalue weighted by atomic mass is 35.5. The standard InChI is InChI=1S/C15H14Cl2FNO/c1-9(19)12-7-11(16)5-6-14(12)20-8-10-3-2-4-13(18)15(10)17/h2-7,9H,8,19H2,1H3/t9-/m1/s1. The minimum Gasteiger partial charge on any atom is -0.489 e. The van der Waals surface area contributed by atoms with Crippen molar-refractivity contribution in [2.45, 2.75) is 19.6 Å². The zero-order valence-electron chi connectivity index (χ0n) is 10.9. The van der Waals surface area contributed by atoms with Gasteiger partial charge in [0.25, 0.3) is 0 Å². The summed E-state index contributed by atoms with van der Waals surface area (Å²) in [7, 11) is 0. The molecule has 0 fully saturated rings. The molecule has 20 heavy (non-hydrogen) atoms. The number of ether oxygens (including phenoxy) is 1. The quantitative estimate of drug-likeness (QED) is 0.885. The first-order valence-electron chi connectivity index (χ1n) is 6.09. The van der Waals surface area contributed by atoms with Gasteiger partial charge in [-0.1, -0.05) is 35.3 Å². The Kier molecular flexibility index (Phi) is 4.86. The topological polar surface area (TPSA) is 35.2 Å². The molecule has 5 heteroatoms. The Hall–Kier alpha value is -1.29. The van der Waals surface area contributed by atoms with Gasteiger partial charge in [-0.3, -0.25) is 0 Å². The van der Waals surface area contributed by atoms with Gasteiger partial charge in [0.1, 0.15) is 18.2 Å². The van der Waals surface area contributed by atoms with Gasteiger partial charge in [0, 0.05) is 22.2 Å². The zero-order valence-corrected chi connectivity index (χ0v) is 12.4. The highest BCUT2D eigenvalue weighted by Crippen LogP contribution is 2.29. The van der Waals surface area contributed by atoms with Crippen LogP contribution in [-0.2, 0) is 6.61 Å². The van der Waals surface area contributed by atoms with Crippen LogP contribution in [0.15, 0.2) is 36.4 Å². The molecule has 2 aromatic carbocycles. The molecule has 0 aliphatic heterocycles. The predicted octanol–water partition coefficient (Wildman–Crippen LogP) is 4.73. The van der Waals surface area contributed by atoms with Crippen molar-refractivity contribution >= 4 is 23.2 Å². The van der Waals surface area contributed by atoms with E-state index in [9.17, 15) is 4.39 Å². The summed E-state index contributed by atoms with van der Waals surface area (Å²) in [4.78, 5) is 0. The Bertz CT molecular complexity index is 617. The molecule has 0 saturated carbocycles. The van der Waals surface area contributed by atoms with Crippen LogP contribution in [0.3, 0.4) is 0 Å².